The quantitative estimate of drug-likeness (QED) is 0.642. The van der Waals surface area contributed by atoms with Crippen molar-refractivity contribution in [1.29, 1.82) is 0 Å². The minimum absolute atomic E-state index is 0. The van der Waals surface area contributed by atoms with Gasteiger partial charge in [-0.15, -0.1) is 12.4 Å². The van der Waals surface area contributed by atoms with Crippen LogP contribution in [-0.2, 0) is 4.79 Å². The maximum absolute atomic E-state index is 10.1. The molecule has 3 nitrogen and oxygen atoms in total. The first-order valence-corrected chi connectivity index (χ1v) is 3.91. The van der Waals surface area contributed by atoms with Gasteiger partial charge in [0.05, 0.1) is 0 Å². The molecular formula is C8H14ClNO2. The van der Waals surface area contributed by atoms with E-state index >= 15 is 0 Å². The Balaban J connectivity index is 0.00000121. The van der Waals surface area contributed by atoms with E-state index in [0.29, 0.717) is 5.92 Å². The molecule has 0 amide bonds. The van der Waals surface area contributed by atoms with Crippen molar-refractivity contribution in [3.63, 3.8) is 0 Å². The lowest BCUT2D eigenvalue weighted by Crippen LogP contribution is -2.26. The number of hydrogen-bond acceptors (Lipinski definition) is 2. The van der Waals surface area contributed by atoms with Crippen LogP contribution < -0.4 is 5.32 Å². The molecule has 0 spiro atoms. The zero-order chi connectivity index (χ0) is 8.10. The highest BCUT2D eigenvalue weighted by Crippen LogP contribution is 2.12. The van der Waals surface area contributed by atoms with Crippen molar-refractivity contribution in [2.45, 2.75) is 12.8 Å². The van der Waals surface area contributed by atoms with Crippen LogP contribution in [0.1, 0.15) is 12.8 Å². The molecule has 70 valence electrons. The van der Waals surface area contributed by atoms with E-state index in [0.717, 1.165) is 25.9 Å². The lowest BCUT2D eigenvalue weighted by Gasteiger charge is -2.18. The molecule has 1 fully saturated rings. The van der Waals surface area contributed by atoms with Crippen LogP contribution in [0.4, 0.5) is 0 Å². The molecule has 1 aliphatic heterocycles. The Morgan fingerprint density at radius 2 is 2.00 bits per heavy atom. The van der Waals surface area contributed by atoms with E-state index in [9.17, 15) is 4.79 Å². The molecule has 0 aliphatic carbocycles. The summed E-state index contributed by atoms with van der Waals surface area (Å²) in [5.41, 5.74) is 0. The second kappa shape index (κ2) is 6.03. The lowest BCUT2D eigenvalue weighted by atomic mass is 9.98. The first kappa shape index (κ1) is 11.5. The highest BCUT2D eigenvalue weighted by molar-refractivity contribution is 5.85. The third-order valence-electron chi connectivity index (χ3n) is 1.89. The summed E-state index contributed by atoms with van der Waals surface area (Å²) in [6.07, 6.45) is 5.16. The topological polar surface area (TPSA) is 49.3 Å². The SMILES string of the molecule is Cl.O=C(O)/C=C/C1CCNCC1. The van der Waals surface area contributed by atoms with Crippen molar-refractivity contribution < 1.29 is 9.90 Å². The van der Waals surface area contributed by atoms with Crippen LogP contribution in [0.15, 0.2) is 12.2 Å². The molecule has 12 heavy (non-hydrogen) atoms. The van der Waals surface area contributed by atoms with Gasteiger partial charge in [0.2, 0.25) is 0 Å². The van der Waals surface area contributed by atoms with Crippen molar-refractivity contribution in [1.82, 2.24) is 5.32 Å². The standard InChI is InChI=1S/C8H13NO2.ClH/c10-8(11)2-1-7-3-5-9-6-4-7;/h1-2,7,9H,3-6H2,(H,10,11);1H/b2-1+;. The Hall–Kier alpha value is -0.540. The fourth-order valence-corrected chi connectivity index (χ4v) is 1.26. The predicted octanol–water partition coefficient (Wildman–Crippen LogP) is 1.05. The number of halogens is 1. The number of nitrogens with one attached hydrogen (secondary N) is 1. The monoisotopic (exact) mass is 191 g/mol. The molecule has 0 bridgehead atoms. The van der Waals surface area contributed by atoms with Gasteiger partial charge < -0.3 is 10.4 Å². The molecule has 0 unspecified atom stereocenters. The number of carbonyl (C=O) groups is 1. The summed E-state index contributed by atoms with van der Waals surface area (Å²) < 4.78 is 0. The van der Waals surface area contributed by atoms with Crippen molar-refractivity contribution in [2.24, 2.45) is 5.92 Å². The number of rotatable bonds is 2. The Bertz CT molecular complexity index is 164. The van der Waals surface area contributed by atoms with Crippen molar-refractivity contribution in [3.05, 3.63) is 12.2 Å². The smallest absolute Gasteiger partial charge is 0.327 e. The Morgan fingerprint density at radius 3 is 2.50 bits per heavy atom. The maximum atomic E-state index is 10.1. The molecule has 0 atom stereocenters. The number of aliphatic carboxylic acids is 1. The number of hydrogen-bond donors (Lipinski definition) is 2. The summed E-state index contributed by atoms with van der Waals surface area (Å²) in [5, 5.41) is 11.6. The zero-order valence-corrected chi connectivity index (χ0v) is 7.64. The number of piperidine rings is 1. The molecule has 1 saturated heterocycles. The molecular weight excluding hydrogens is 178 g/mol. The maximum Gasteiger partial charge on any atom is 0.327 e. The predicted molar refractivity (Wildman–Crippen MR) is 49.6 cm³/mol. The van der Waals surface area contributed by atoms with Crippen LogP contribution >= 0.6 is 12.4 Å². The van der Waals surface area contributed by atoms with Crippen molar-refractivity contribution in [2.75, 3.05) is 13.1 Å². The molecule has 1 rings (SSSR count). The van der Waals surface area contributed by atoms with E-state index < -0.39 is 5.97 Å². The fraction of sp³-hybridized carbons (Fsp3) is 0.625. The van der Waals surface area contributed by atoms with Crippen LogP contribution in [0.25, 0.3) is 0 Å². The second-order valence-corrected chi connectivity index (χ2v) is 2.78. The summed E-state index contributed by atoms with van der Waals surface area (Å²) in [5.74, 6) is -0.379. The lowest BCUT2D eigenvalue weighted by molar-refractivity contribution is -0.131. The normalized spacial score (nSPS) is 19.0. The van der Waals surface area contributed by atoms with E-state index in [1.54, 1.807) is 6.08 Å². The summed E-state index contributed by atoms with van der Waals surface area (Å²) >= 11 is 0. The number of carboxylic acids is 1. The molecule has 1 heterocycles. The van der Waals surface area contributed by atoms with Crippen LogP contribution in [0.2, 0.25) is 0 Å². The average Bonchev–Trinajstić information content (AvgIpc) is 2.03. The molecule has 4 heteroatoms. The molecule has 0 radical (unpaired) electrons. The second-order valence-electron chi connectivity index (χ2n) is 2.78. The summed E-state index contributed by atoms with van der Waals surface area (Å²) in [4.78, 5) is 10.1. The first-order valence-electron chi connectivity index (χ1n) is 3.91. The molecule has 0 aromatic carbocycles. The van der Waals surface area contributed by atoms with Gasteiger partial charge in [-0.2, -0.15) is 0 Å². The summed E-state index contributed by atoms with van der Waals surface area (Å²) in [6, 6.07) is 0. The minimum atomic E-state index is -0.844. The highest BCUT2D eigenvalue weighted by Gasteiger charge is 2.09. The summed E-state index contributed by atoms with van der Waals surface area (Å²) in [7, 11) is 0. The van der Waals surface area contributed by atoms with Crippen molar-refractivity contribution >= 4 is 18.4 Å². The molecule has 0 saturated carbocycles. The first-order chi connectivity index (χ1) is 5.29. The fourth-order valence-electron chi connectivity index (χ4n) is 1.26. The molecule has 1 aliphatic rings. The van der Waals surface area contributed by atoms with Crippen molar-refractivity contribution in [3.8, 4) is 0 Å². The van der Waals surface area contributed by atoms with Crippen LogP contribution in [0.3, 0.4) is 0 Å². The third kappa shape index (κ3) is 4.36. The number of carboxylic acid groups (broad SMARTS) is 1. The van der Waals surface area contributed by atoms with Gasteiger partial charge >= 0.3 is 5.97 Å². The third-order valence-corrected chi connectivity index (χ3v) is 1.89. The van der Waals surface area contributed by atoms with Crippen LogP contribution in [0, 0.1) is 5.92 Å². The van der Waals surface area contributed by atoms with E-state index in [1.165, 1.54) is 6.08 Å². The summed E-state index contributed by atoms with van der Waals surface area (Å²) in [6.45, 7) is 2.02. The van der Waals surface area contributed by atoms with Gasteiger partial charge in [0.1, 0.15) is 0 Å². The van der Waals surface area contributed by atoms with Gasteiger partial charge in [-0.25, -0.2) is 4.79 Å². The van der Waals surface area contributed by atoms with E-state index in [1.807, 2.05) is 0 Å². The van der Waals surface area contributed by atoms with Gasteiger partial charge in [-0.3, -0.25) is 0 Å². The Labute approximate surface area is 78.3 Å². The Morgan fingerprint density at radius 1 is 1.42 bits per heavy atom. The molecule has 0 aromatic rings. The van der Waals surface area contributed by atoms with Gasteiger partial charge in [0.25, 0.3) is 0 Å². The van der Waals surface area contributed by atoms with Gasteiger partial charge in [-0.05, 0) is 31.8 Å². The van der Waals surface area contributed by atoms with Gasteiger partial charge in [-0.1, -0.05) is 6.08 Å². The molecule has 0 aromatic heterocycles. The highest BCUT2D eigenvalue weighted by atomic mass is 35.5. The van der Waals surface area contributed by atoms with E-state index in [-0.39, 0.29) is 12.4 Å². The van der Waals surface area contributed by atoms with Crippen LogP contribution in [-0.4, -0.2) is 24.2 Å². The van der Waals surface area contributed by atoms with Gasteiger partial charge in [0.15, 0.2) is 0 Å². The zero-order valence-electron chi connectivity index (χ0n) is 6.82. The Kier molecular flexibility index (Phi) is 5.76. The van der Waals surface area contributed by atoms with E-state index in [4.69, 9.17) is 5.11 Å². The molecule has 2 N–H and O–H groups in total. The average molecular weight is 192 g/mol. The largest absolute Gasteiger partial charge is 0.478 e. The number of allylic oxidation sites excluding steroid dienone is 1. The van der Waals surface area contributed by atoms with Crippen LogP contribution in [0.5, 0.6) is 0 Å². The van der Waals surface area contributed by atoms with Gasteiger partial charge in [0, 0.05) is 6.08 Å². The minimum Gasteiger partial charge on any atom is -0.478 e. The van der Waals surface area contributed by atoms with E-state index in [2.05, 4.69) is 5.32 Å².